The monoisotopic (exact) mass is 294 g/mol. The summed E-state index contributed by atoms with van der Waals surface area (Å²) in [5.41, 5.74) is 0.312. The Hall–Kier alpha value is -1.36. The molecule has 2 heterocycles. The Balaban J connectivity index is 2.12. The fourth-order valence-electron chi connectivity index (χ4n) is 2.47. The van der Waals surface area contributed by atoms with E-state index in [1.165, 1.54) is 24.3 Å². The minimum atomic E-state index is -0.250. The third kappa shape index (κ3) is 4.07. The van der Waals surface area contributed by atoms with Crippen LogP contribution in [0, 0.1) is 16.0 Å². The van der Waals surface area contributed by atoms with Crippen LogP contribution in [0.4, 0.5) is 5.00 Å². The minimum Gasteiger partial charge on any atom is -0.363 e. The molecule has 5 heteroatoms. The maximum atomic E-state index is 11.1. The molecule has 0 aromatic carbocycles. The Morgan fingerprint density at radius 3 is 2.70 bits per heavy atom. The topological polar surface area (TPSA) is 46.4 Å². The smallest absolute Gasteiger partial charge is 0.247 e. The molecule has 0 spiro atoms. The molecule has 1 aliphatic heterocycles. The SMILES string of the molecule is CC(C)CC(=Cc1ccc(N2CCCCC2)s1)[N+](=O)[O-]. The predicted molar refractivity (Wildman–Crippen MR) is 84.8 cm³/mol. The zero-order valence-electron chi connectivity index (χ0n) is 12.2. The van der Waals surface area contributed by atoms with E-state index in [0.717, 1.165) is 18.0 Å². The fourth-order valence-corrected chi connectivity index (χ4v) is 3.49. The van der Waals surface area contributed by atoms with Crippen molar-refractivity contribution in [2.75, 3.05) is 18.0 Å². The lowest BCUT2D eigenvalue weighted by atomic mass is 10.1. The second-order valence-corrected chi connectivity index (χ2v) is 6.81. The highest BCUT2D eigenvalue weighted by Crippen LogP contribution is 2.30. The van der Waals surface area contributed by atoms with E-state index in [9.17, 15) is 10.1 Å². The van der Waals surface area contributed by atoms with Crippen molar-refractivity contribution in [3.8, 4) is 0 Å². The van der Waals surface area contributed by atoms with Gasteiger partial charge >= 0.3 is 0 Å². The van der Waals surface area contributed by atoms with Gasteiger partial charge < -0.3 is 4.90 Å². The summed E-state index contributed by atoms with van der Waals surface area (Å²) in [6.07, 6.45) is 6.06. The van der Waals surface area contributed by atoms with Crippen molar-refractivity contribution >= 4 is 22.4 Å². The van der Waals surface area contributed by atoms with Crippen LogP contribution in [0.1, 0.15) is 44.4 Å². The number of nitrogens with zero attached hydrogens (tertiary/aromatic N) is 2. The molecule has 1 aromatic heterocycles. The molecule has 0 bridgehead atoms. The predicted octanol–water partition coefficient (Wildman–Crippen LogP) is 4.40. The molecule has 110 valence electrons. The van der Waals surface area contributed by atoms with Crippen LogP contribution in [-0.2, 0) is 0 Å². The lowest BCUT2D eigenvalue weighted by Crippen LogP contribution is -2.28. The first-order valence-corrected chi connectivity index (χ1v) is 8.07. The molecule has 0 N–H and O–H groups in total. The number of piperidine rings is 1. The average molecular weight is 294 g/mol. The maximum absolute atomic E-state index is 11.1. The van der Waals surface area contributed by atoms with Crippen LogP contribution in [0.5, 0.6) is 0 Å². The van der Waals surface area contributed by atoms with Gasteiger partial charge in [0.2, 0.25) is 5.70 Å². The highest BCUT2D eigenvalue weighted by molar-refractivity contribution is 7.16. The molecule has 1 aliphatic rings. The molecule has 0 radical (unpaired) electrons. The lowest BCUT2D eigenvalue weighted by molar-refractivity contribution is -0.427. The zero-order valence-corrected chi connectivity index (χ0v) is 13.0. The second-order valence-electron chi connectivity index (χ2n) is 5.71. The van der Waals surface area contributed by atoms with E-state index in [-0.39, 0.29) is 4.92 Å². The van der Waals surface area contributed by atoms with E-state index >= 15 is 0 Å². The van der Waals surface area contributed by atoms with E-state index < -0.39 is 0 Å². The van der Waals surface area contributed by atoms with E-state index in [4.69, 9.17) is 0 Å². The van der Waals surface area contributed by atoms with Crippen LogP contribution in [0.3, 0.4) is 0 Å². The van der Waals surface area contributed by atoms with Crippen molar-refractivity contribution in [1.29, 1.82) is 0 Å². The molecular formula is C15H22N2O2S. The number of rotatable bonds is 5. The third-order valence-electron chi connectivity index (χ3n) is 3.44. The van der Waals surface area contributed by atoms with Crippen molar-refractivity contribution in [3.05, 3.63) is 32.8 Å². The van der Waals surface area contributed by atoms with Gasteiger partial charge in [-0.2, -0.15) is 0 Å². The van der Waals surface area contributed by atoms with Crippen molar-refractivity contribution < 1.29 is 4.92 Å². The van der Waals surface area contributed by atoms with Gasteiger partial charge in [0.25, 0.3) is 0 Å². The third-order valence-corrected chi connectivity index (χ3v) is 4.53. The molecule has 1 fully saturated rings. The Bertz CT molecular complexity index is 488. The summed E-state index contributed by atoms with van der Waals surface area (Å²) in [7, 11) is 0. The molecule has 1 aromatic rings. The summed E-state index contributed by atoms with van der Waals surface area (Å²) < 4.78 is 0. The van der Waals surface area contributed by atoms with E-state index in [1.54, 1.807) is 17.4 Å². The Labute approximate surface area is 124 Å². The number of thiophene rings is 1. The largest absolute Gasteiger partial charge is 0.363 e. The number of anilines is 1. The first-order valence-electron chi connectivity index (χ1n) is 7.26. The van der Waals surface area contributed by atoms with Crippen LogP contribution in [0.2, 0.25) is 0 Å². The molecule has 0 saturated carbocycles. The van der Waals surface area contributed by atoms with Gasteiger partial charge in [0, 0.05) is 30.5 Å². The van der Waals surface area contributed by atoms with Crippen LogP contribution in [0.15, 0.2) is 17.8 Å². The van der Waals surface area contributed by atoms with E-state index in [0.29, 0.717) is 18.0 Å². The van der Waals surface area contributed by atoms with Crippen LogP contribution in [-0.4, -0.2) is 18.0 Å². The number of hydrogen-bond acceptors (Lipinski definition) is 4. The summed E-state index contributed by atoms with van der Waals surface area (Å²) in [5.74, 6) is 0.299. The highest BCUT2D eigenvalue weighted by atomic mass is 32.1. The lowest BCUT2D eigenvalue weighted by Gasteiger charge is -2.27. The van der Waals surface area contributed by atoms with Gasteiger partial charge in [-0.15, -0.1) is 11.3 Å². The van der Waals surface area contributed by atoms with Gasteiger partial charge in [-0.25, -0.2) is 0 Å². The average Bonchev–Trinajstić information content (AvgIpc) is 2.87. The molecule has 0 atom stereocenters. The zero-order chi connectivity index (χ0) is 14.5. The van der Waals surface area contributed by atoms with Crippen LogP contribution < -0.4 is 4.90 Å². The van der Waals surface area contributed by atoms with Gasteiger partial charge in [-0.3, -0.25) is 10.1 Å². The molecule has 20 heavy (non-hydrogen) atoms. The van der Waals surface area contributed by atoms with Gasteiger partial charge in [0.05, 0.1) is 9.92 Å². The fraction of sp³-hybridized carbons (Fsp3) is 0.600. The quantitative estimate of drug-likeness (QED) is 0.597. The molecule has 0 unspecified atom stereocenters. The molecule has 2 rings (SSSR count). The van der Waals surface area contributed by atoms with E-state index in [1.807, 2.05) is 19.9 Å². The summed E-state index contributed by atoms with van der Waals surface area (Å²) in [4.78, 5) is 14.2. The Morgan fingerprint density at radius 2 is 2.10 bits per heavy atom. The molecule has 0 aliphatic carbocycles. The van der Waals surface area contributed by atoms with Gasteiger partial charge in [0.15, 0.2) is 0 Å². The second kappa shape index (κ2) is 6.88. The van der Waals surface area contributed by atoms with Gasteiger partial charge in [-0.05, 0) is 37.3 Å². The number of allylic oxidation sites excluding steroid dienone is 1. The number of hydrogen-bond donors (Lipinski definition) is 0. The standard InChI is InChI=1S/C15H22N2O2S/c1-12(2)10-13(17(18)19)11-14-6-7-15(20-14)16-8-4-3-5-9-16/h6-7,11-12H,3-5,8-10H2,1-2H3. The van der Waals surface area contributed by atoms with Crippen molar-refractivity contribution in [2.45, 2.75) is 39.5 Å². The Kier molecular flexibility index (Phi) is 5.17. The summed E-state index contributed by atoms with van der Waals surface area (Å²) in [6.45, 7) is 6.23. The maximum Gasteiger partial charge on any atom is 0.247 e. The molecule has 4 nitrogen and oxygen atoms in total. The Morgan fingerprint density at radius 1 is 1.40 bits per heavy atom. The van der Waals surface area contributed by atoms with Crippen molar-refractivity contribution in [1.82, 2.24) is 0 Å². The molecule has 0 amide bonds. The first-order chi connectivity index (χ1) is 9.56. The van der Waals surface area contributed by atoms with E-state index in [2.05, 4.69) is 11.0 Å². The highest BCUT2D eigenvalue weighted by Gasteiger charge is 2.16. The summed E-state index contributed by atoms with van der Waals surface area (Å²) in [5, 5.41) is 12.3. The number of nitro groups is 1. The summed E-state index contributed by atoms with van der Waals surface area (Å²) >= 11 is 1.66. The van der Waals surface area contributed by atoms with Crippen molar-refractivity contribution in [3.63, 3.8) is 0 Å². The van der Waals surface area contributed by atoms with Crippen LogP contribution >= 0.6 is 11.3 Å². The minimum absolute atomic E-state index is 0.250. The van der Waals surface area contributed by atoms with Gasteiger partial charge in [0.1, 0.15) is 0 Å². The molecule has 1 saturated heterocycles. The normalized spacial score (nSPS) is 16.8. The van der Waals surface area contributed by atoms with Crippen molar-refractivity contribution in [2.24, 2.45) is 5.92 Å². The molecular weight excluding hydrogens is 272 g/mol. The van der Waals surface area contributed by atoms with Crippen LogP contribution in [0.25, 0.3) is 6.08 Å². The first kappa shape index (κ1) is 15.0. The summed E-state index contributed by atoms with van der Waals surface area (Å²) in [6, 6.07) is 4.09. The van der Waals surface area contributed by atoms with Gasteiger partial charge in [-0.1, -0.05) is 13.8 Å².